The molecule has 4 heteroatoms. The van der Waals surface area contributed by atoms with E-state index in [1.165, 1.54) is 0 Å². The molecule has 1 aromatic carbocycles. The summed E-state index contributed by atoms with van der Waals surface area (Å²) in [5.74, 6) is 0. The molecule has 0 radical (unpaired) electrons. The van der Waals surface area contributed by atoms with Gasteiger partial charge in [0.1, 0.15) is 0 Å². The van der Waals surface area contributed by atoms with E-state index in [4.69, 9.17) is 0 Å². The fourth-order valence-corrected chi connectivity index (χ4v) is 1.61. The first-order chi connectivity index (χ1) is 6.25. The van der Waals surface area contributed by atoms with Crippen LogP contribution in [-0.4, -0.2) is 10.2 Å². The van der Waals surface area contributed by atoms with Crippen LogP contribution in [0.4, 0.5) is 0 Å². The highest BCUT2D eigenvalue weighted by Gasteiger charge is 2.00. The molecular weight excluding hydrogens is 263 g/mol. The third kappa shape index (κ3) is 2.36. The molecule has 2 rings (SSSR count). The van der Waals surface area contributed by atoms with Crippen LogP contribution in [0.1, 0.15) is 5.69 Å². The summed E-state index contributed by atoms with van der Waals surface area (Å²) >= 11 is 3.43. The predicted octanol–water partition coefficient (Wildman–Crippen LogP) is 3.57. The first-order valence-corrected chi connectivity index (χ1v) is 4.83. The Morgan fingerprint density at radius 1 is 1.29 bits per heavy atom. The lowest BCUT2D eigenvalue weighted by Gasteiger charge is -1.95. The number of nitrogens with zero attached hydrogens (tertiary/aromatic N) is 1. The van der Waals surface area contributed by atoms with Crippen LogP contribution in [0.25, 0.3) is 11.3 Å². The molecule has 1 N–H and O–H groups in total. The van der Waals surface area contributed by atoms with Crippen LogP contribution in [0.2, 0.25) is 0 Å². The van der Waals surface area contributed by atoms with Crippen molar-refractivity contribution >= 4 is 28.3 Å². The number of aromatic nitrogens is 2. The minimum absolute atomic E-state index is 0. The van der Waals surface area contributed by atoms with Gasteiger partial charge < -0.3 is 0 Å². The molecule has 0 saturated heterocycles. The van der Waals surface area contributed by atoms with E-state index >= 15 is 0 Å². The van der Waals surface area contributed by atoms with Crippen LogP contribution in [0, 0.1) is 6.92 Å². The summed E-state index contributed by atoms with van der Waals surface area (Å²) in [4.78, 5) is 0. The predicted molar refractivity (Wildman–Crippen MR) is 63.7 cm³/mol. The highest BCUT2D eigenvalue weighted by atomic mass is 79.9. The molecule has 0 aliphatic carbocycles. The van der Waals surface area contributed by atoms with Gasteiger partial charge in [0.2, 0.25) is 0 Å². The molecule has 1 heterocycles. The molecule has 0 atom stereocenters. The van der Waals surface area contributed by atoms with Crippen LogP contribution in [0.15, 0.2) is 34.8 Å². The number of H-pyrrole nitrogens is 1. The summed E-state index contributed by atoms with van der Waals surface area (Å²) in [5.41, 5.74) is 3.19. The van der Waals surface area contributed by atoms with Gasteiger partial charge in [0.25, 0.3) is 0 Å². The number of hydrogen-bond donors (Lipinski definition) is 1. The largest absolute Gasteiger partial charge is 0.282 e. The zero-order chi connectivity index (χ0) is 9.26. The maximum Gasteiger partial charge on any atom is 0.0923 e. The van der Waals surface area contributed by atoms with Gasteiger partial charge in [0.05, 0.1) is 5.69 Å². The molecular formula is C10H10BrClN2. The molecule has 74 valence electrons. The first kappa shape index (κ1) is 11.3. The molecule has 0 aliphatic rings. The molecule has 0 spiro atoms. The van der Waals surface area contributed by atoms with Gasteiger partial charge >= 0.3 is 0 Å². The number of halogens is 2. The molecule has 0 fully saturated rings. The second-order valence-electron chi connectivity index (χ2n) is 2.95. The van der Waals surface area contributed by atoms with Crippen molar-refractivity contribution in [1.29, 1.82) is 0 Å². The first-order valence-electron chi connectivity index (χ1n) is 4.03. The van der Waals surface area contributed by atoms with Crippen molar-refractivity contribution in [1.82, 2.24) is 10.2 Å². The van der Waals surface area contributed by atoms with Gasteiger partial charge in [-0.1, -0.05) is 28.1 Å². The van der Waals surface area contributed by atoms with E-state index in [2.05, 4.69) is 32.2 Å². The number of benzene rings is 1. The van der Waals surface area contributed by atoms with E-state index in [0.29, 0.717) is 0 Å². The highest BCUT2D eigenvalue weighted by molar-refractivity contribution is 9.10. The summed E-state index contributed by atoms with van der Waals surface area (Å²) in [6, 6.07) is 10.1. The number of hydrogen-bond acceptors (Lipinski definition) is 1. The Morgan fingerprint density at radius 2 is 2.07 bits per heavy atom. The SMILES string of the molecule is Cc1cc(-c2cccc(Br)c2)n[nH]1.Cl. The van der Waals surface area contributed by atoms with E-state index in [1.54, 1.807) is 0 Å². The van der Waals surface area contributed by atoms with Crippen LogP contribution < -0.4 is 0 Å². The number of rotatable bonds is 1. The highest BCUT2D eigenvalue weighted by Crippen LogP contribution is 2.21. The smallest absolute Gasteiger partial charge is 0.0923 e. The molecule has 0 amide bonds. The van der Waals surface area contributed by atoms with Gasteiger partial charge in [-0.3, -0.25) is 5.10 Å². The van der Waals surface area contributed by atoms with Gasteiger partial charge in [-0.2, -0.15) is 5.10 Å². The van der Waals surface area contributed by atoms with Gasteiger partial charge in [-0.15, -0.1) is 12.4 Å². The fourth-order valence-electron chi connectivity index (χ4n) is 1.21. The van der Waals surface area contributed by atoms with Crippen molar-refractivity contribution < 1.29 is 0 Å². The summed E-state index contributed by atoms with van der Waals surface area (Å²) in [6.07, 6.45) is 0. The minimum Gasteiger partial charge on any atom is -0.282 e. The zero-order valence-corrected chi connectivity index (χ0v) is 10.0. The van der Waals surface area contributed by atoms with Gasteiger partial charge in [0.15, 0.2) is 0 Å². The number of aryl methyl sites for hydroxylation is 1. The minimum atomic E-state index is 0. The van der Waals surface area contributed by atoms with E-state index in [-0.39, 0.29) is 12.4 Å². The molecule has 14 heavy (non-hydrogen) atoms. The van der Waals surface area contributed by atoms with Crippen molar-refractivity contribution in [2.45, 2.75) is 6.92 Å². The Labute approximate surface area is 97.3 Å². The second-order valence-corrected chi connectivity index (χ2v) is 3.86. The summed E-state index contributed by atoms with van der Waals surface area (Å²) in [5, 5.41) is 7.10. The van der Waals surface area contributed by atoms with Gasteiger partial charge in [-0.05, 0) is 25.1 Å². The Kier molecular flexibility index (Phi) is 3.72. The van der Waals surface area contributed by atoms with Gasteiger partial charge in [0, 0.05) is 15.7 Å². The van der Waals surface area contributed by atoms with Crippen molar-refractivity contribution in [3.05, 3.63) is 40.5 Å². The van der Waals surface area contributed by atoms with E-state index in [0.717, 1.165) is 21.4 Å². The Morgan fingerprint density at radius 3 is 2.64 bits per heavy atom. The number of nitrogens with one attached hydrogen (secondary N) is 1. The lowest BCUT2D eigenvalue weighted by Crippen LogP contribution is -1.76. The Hall–Kier alpha value is -0.800. The second kappa shape index (κ2) is 4.62. The molecule has 0 unspecified atom stereocenters. The molecule has 0 aliphatic heterocycles. The normalized spacial score (nSPS) is 9.57. The Balaban J connectivity index is 0.000000980. The van der Waals surface area contributed by atoms with E-state index in [1.807, 2.05) is 31.2 Å². The molecule has 2 nitrogen and oxygen atoms in total. The van der Waals surface area contributed by atoms with Crippen LogP contribution in [0.5, 0.6) is 0 Å². The van der Waals surface area contributed by atoms with Crippen LogP contribution in [-0.2, 0) is 0 Å². The van der Waals surface area contributed by atoms with Gasteiger partial charge in [-0.25, -0.2) is 0 Å². The summed E-state index contributed by atoms with van der Waals surface area (Å²) < 4.78 is 1.07. The van der Waals surface area contributed by atoms with Crippen LogP contribution in [0.3, 0.4) is 0 Å². The lowest BCUT2D eigenvalue weighted by atomic mass is 10.1. The molecule has 0 saturated carbocycles. The molecule has 2 aromatic rings. The topological polar surface area (TPSA) is 28.7 Å². The van der Waals surface area contributed by atoms with Crippen molar-refractivity contribution in [2.75, 3.05) is 0 Å². The average Bonchev–Trinajstić information content (AvgIpc) is 2.52. The van der Waals surface area contributed by atoms with E-state index < -0.39 is 0 Å². The van der Waals surface area contributed by atoms with Crippen molar-refractivity contribution in [3.63, 3.8) is 0 Å². The summed E-state index contributed by atoms with van der Waals surface area (Å²) in [7, 11) is 0. The van der Waals surface area contributed by atoms with Crippen molar-refractivity contribution in [3.8, 4) is 11.3 Å². The zero-order valence-electron chi connectivity index (χ0n) is 7.62. The third-order valence-electron chi connectivity index (χ3n) is 1.83. The maximum absolute atomic E-state index is 4.18. The maximum atomic E-state index is 4.18. The lowest BCUT2D eigenvalue weighted by molar-refractivity contribution is 1.05. The number of aromatic amines is 1. The standard InChI is InChI=1S/C10H9BrN2.ClH/c1-7-5-10(13-12-7)8-3-2-4-9(11)6-8;/h2-6H,1H3,(H,12,13);1H. The van der Waals surface area contributed by atoms with Crippen molar-refractivity contribution in [2.24, 2.45) is 0 Å². The van der Waals surface area contributed by atoms with E-state index in [9.17, 15) is 0 Å². The third-order valence-corrected chi connectivity index (χ3v) is 2.32. The monoisotopic (exact) mass is 272 g/mol. The quantitative estimate of drug-likeness (QED) is 0.845. The summed E-state index contributed by atoms with van der Waals surface area (Å²) in [6.45, 7) is 1.99. The fraction of sp³-hybridized carbons (Fsp3) is 0.100. The molecule has 0 bridgehead atoms. The van der Waals surface area contributed by atoms with Crippen LogP contribution >= 0.6 is 28.3 Å². The average molecular weight is 274 g/mol. The molecule has 1 aromatic heterocycles. The Bertz CT molecular complexity index is 426.